The quantitative estimate of drug-likeness (QED) is 0.868. The molecule has 100 valence electrons. The van der Waals surface area contributed by atoms with E-state index >= 15 is 0 Å². The molecule has 1 N–H and O–H groups in total. The van der Waals surface area contributed by atoms with Crippen molar-refractivity contribution < 1.29 is 0 Å². The first-order valence-corrected chi connectivity index (χ1v) is 7.96. The van der Waals surface area contributed by atoms with Crippen molar-refractivity contribution in [2.75, 3.05) is 6.54 Å². The predicted octanol–water partition coefficient (Wildman–Crippen LogP) is 3.67. The Hall–Kier alpha value is -1.19. The lowest BCUT2D eigenvalue weighted by atomic mass is 10.1. The molecule has 1 saturated carbocycles. The van der Waals surface area contributed by atoms with Gasteiger partial charge in [-0.25, -0.2) is 4.98 Å². The zero-order valence-electron chi connectivity index (χ0n) is 11.4. The second-order valence-corrected chi connectivity index (χ2v) is 6.25. The van der Waals surface area contributed by atoms with Crippen LogP contribution in [0.5, 0.6) is 0 Å². The van der Waals surface area contributed by atoms with Gasteiger partial charge in [-0.3, -0.25) is 0 Å². The fourth-order valence-corrected chi connectivity index (χ4v) is 3.25. The third-order valence-corrected chi connectivity index (χ3v) is 4.71. The van der Waals surface area contributed by atoms with E-state index < -0.39 is 0 Å². The van der Waals surface area contributed by atoms with E-state index in [4.69, 9.17) is 4.98 Å². The number of nitrogens with zero attached hydrogens (tertiary/aromatic N) is 1. The fourth-order valence-electron chi connectivity index (χ4n) is 2.22. The van der Waals surface area contributed by atoms with E-state index in [9.17, 15) is 0 Å². The molecule has 2 aromatic rings. The summed E-state index contributed by atoms with van der Waals surface area (Å²) < 4.78 is 0. The Morgan fingerprint density at radius 2 is 2.05 bits per heavy atom. The summed E-state index contributed by atoms with van der Waals surface area (Å²) in [5, 5.41) is 4.84. The number of rotatable bonds is 6. The highest BCUT2D eigenvalue weighted by Crippen LogP contribution is 2.29. The molecule has 0 unspecified atom stereocenters. The van der Waals surface area contributed by atoms with Gasteiger partial charge in [-0.1, -0.05) is 37.3 Å². The van der Waals surface area contributed by atoms with Gasteiger partial charge >= 0.3 is 0 Å². The summed E-state index contributed by atoms with van der Waals surface area (Å²) in [5.41, 5.74) is 2.44. The van der Waals surface area contributed by atoms with Crippen molar-refractivity contribution in [3.05, 3.63) is 40.2 Å². The lowest BCUT2D eigenvalue weighted by Crippen LogP contribution is -2.19. The summed E-state index contributed by atoms with van der Waals surface area (Å²) in [6, 6.07) is 11.3. The van der Waals surface area contributed by atoms with Gasteiger partial charge in [-0.05, 0) is 25.7 Å². The van der Waals surface area contributed by atoms with Gasteiger partial charge in [0.15, 0.2) is 0 Å². The fraction of sp³-hybridized carbons (Fsp3) is 0.438. The van der Waals surface area contributed by atoms with E-state index in [2.05, 4.69) is 42.6 Å². The maximum atomic E-state index is 4.80. The minimum Gasteiger partial charge on any atom is -0.314 e. The normalized spacial score (nSPS) is 14.8. The van der Waals surface area contributed by atoms with Gasteiger partial charge in [0.05, 0.1) is 10.7 Å². The molecule has 1 aromatic heterocycles. The molecule has 19 heavy (non-hydrogen) atoms. The van der Waals surface area contributed by atoms with Crippen molar-refractivity contribution in [3.63, 3.8) is 0 Å². The van der Waals surface area contributed by atoms with Gasteiger partial charge in [0.2, 0.25) is 0 Å². The first kappa shape index (κ1) is 12.8. The van der Waals surface area contributed by atoms with E-state index in [1.165, 1.54) is 34.0 Å². The van der Waals surface area contributed by atoms with E-state index in [0.29, 0.717) is 0 Å². The standard InChI is InChI=1S/C16H20N2S/c1-2-15-18-16(12-6-4-3-5-7-12)14(19-15)10-11-17-13-8-9-13/h3-7,13,17H,2,8-11H2,1H3. The van der Waals surface area contributed by atoms with Gasteiger partial charge < -0.3 is 5.32 Å². The number of benzene rings is 1. The highest BCUT2D eigenvalue weighted by molar-refractivity contribution is 7.12. The monoisotopic (exact) mass is 272 g/mol. The summed E-state index contributed by atoms with van der Waals surface area (Å²) in [6.07, 6.45) is 4.84. The van der Waals surface area contributed by atoms with Crippen LogP contribution in [0.4, 0.5) is 0 Å². The van der Waals surface area contributed by atoms with Crippen LogP contribution in [0.25, 0.3) is 11.3 Å². The van der Waals surface area contributed by atoms with Crippen LogP contribution in [0.1, 0.15) is 29.7 Å². The third-order valence-electron chi connectivity index (χ3n) is 3.45. The minimum absolute atomic E-state index is 0.791. The van der Waals surface area contributed by atoms with Gasteiger partial charge in [0.1, 0.15) is 0 Å². The van der Waals surface area contributed by atoms with Crippen molar-refractivity contribution in [3.8, 4) is 11.3 Å². The average molecular weight is 272 g/mol. The number of nitrogens with one attached hydrogen (secondary N) is 1. The third kappa shape index (κ3) is 3.23. The molecule has 0 saturated heterocycles. The lowest BCUT2D eigenvalue weighted by Gasteiger charge is -2.03. The maximum Gasteiger partial charge on any atom is 0.0932 e. The topological polar surface area (TPSA) is 24.9 Å². The summed E-state index contributed by atoms with van der Waals surface area (Å²) in [7, 11) is 0. The second kappa shape index (κ2) is 5.85. The van der Waals surface area contributed by atoms with Crippen molar-refractivity contribution in [1.82, 2.24) is 10.3 Å². The SMILES string of the molecule is CCc1nc(-c2ccccc2)c(CCNC2CC2)s1. The molecule has 1 aliphatic rings. The van der Waals surface area contributed by atoms with Crippen molar-refractivity contribution in [2.24, 2.45) is 0 Å². The van der Waals surface area contributed by atoms with Crippen molar-refractivity contribution >= 4 is 11.3 Å². The Morgan fingerprint density at radius 1 is 1.26 bits per heavy atom. The predicted molar refractivity (Wildman–Crippen MR) is 81.7 cm³/mol. The highest BCUT2D eigenvalue weighted by atomic mass is 32.1. The first-order valence-electron chi connectivity index (χ1n) is 7.14. The van der Waals surface area contributed by atoms with Gasteiger partial charge in [-0.2, -0.15) is 0 Å². The number of aromatic nitrogens is 1. The van der Waals surface area contributed by atoms with Crippen molar-refractivity contribution in [1.29, 1.82) is 0 Å². The van der Waals surface area contributed by atoms with Crippen molar-refractivity contribution in [2.45, 2.75) is 38.6 Å². The molecule has 0 radical (unpaired) electrons. The molecule has 0 atom stereocenters. The van der Waals surface area contributed by atoms with Crippen LogP contribution >= 0.6 is 11.3 Å². The zero-order chi connectivity index (χ0) is 13.1. The molecule has 0 spiro atoms. The summed E-state index contributed by atoms with van der Waals surface area (Å²) in [5.74, 6) is 0. The molecule has 0 bridgehead atoms. The Morgan fingerprint density at radius 3 is 2.74 bits per heavy atom. The largest absolute Gasteiger partial charge is 0.314 e. The van der Waals surface area contributed by atoms with E-state index in [-0.39, 0.29) is 0 Å². The Kier molecular flexibility index (Phi) is 3.95. The summed E-state index contributed by atoms with van der Waals surface area (Å²) >= 11 is 1.88. The average Bonchev–Trinajstić information content (AvgIpc) is 3.18. The molecular weight excluding hydrogens is 252 g/mol. The molecule has 3 heteroatoms. The molecule has 1 heterocycles. The van der Waals surface area contributed by atoms with E-state index in [1.54, 1.807) is 0 Å². The Bertz CT molecular complexity index is 529. The molecule has 1 fully saturated rings. The highest BCUT2D eigenvalue weighted by Gasteiger charge is 2.20. The zero-order valence-corrected chi connectivity index (χ0v) is 12.2. The number of aryl methyl sites for hydroxylation is 1. The van der Waals surface area contributed by atoms with Gasteiger partial charge in [-0.15, -0.1) is 11.3 Å². The van der Waals surface area contributed by atoms with Crippen LogP contribution < -0.4 is 5.32 Å². The van der Waals surface area contributed by atoms with Crippen LogP contribution in [0.3, 0.4) is 0 Å². The van der Waals surface area contributed by atoms with Crippen LogP contribution in [-0.2, 0) is 12.8 Å². The maximum absolute atomic E-state index is 4.80. The van der Waals surface area contributed by atoms with Crippen LogP contribution in [0, 0.1) is 0 Å². The number of thiazole rings is 1. The van der Waals surface area contributed by atoms with E-state index in [0.717, 1.165) is 25.4 Å². The van der Waals surface area contributed by atoms with Gasteiger partial charge in [0.25, 0.3) is 0 Å². The van der Waals surface area contributed by atoms with Crippen LogP contribution in [0.15, 0.2) is 30.3 Å². The summed E-state index contributed by atoms with van der Waals surface area (Å²) in [4.78, 5) is 6.23. The first-order chi connectivity index (χ1) is 9.36. The second-order valence-electron chi connectivity index (χ2n) is 5.08. The lowest BCUT2D eigenvalue weighted by molar-refractivity contribution is 0.685. The Balaban J connectivity index is 1.78. The molecule has 3 rings (SSSR count). The Labute approximate surface area is 118 Å². The van der Waals surface area contributed by atoms with Crippen LogP contribution in [-0.4, -0.2) is 17.6 Å². The molecule has 1 aromatic carbocycles. The number of hydrogen-bond donors (Lipinski definition) is 1. The molecule has 0 aliphatic heterocycles. The van der Waals surface area contributed by atoms with Crippen LogP contribution in [0.2, 0.25) is 0 Å². The summed E-state index contributed by atoms with van der Waals surface area (Å²) in [6.45, 7) is 3.26. The van der Waals surface area contributed by atoms with E-state index in [1.807, 2.05) is 11.3 Å². The molecule has 1 aliphatic carbocycles. The molecular formula is C16H20N2S. The smallest absolute Gasteiger partial charge is 0.0932 e. The van der Waals surface area contributed by atoms with Gasteiger partial charge in [0, 0.05) is 23.0 Å². The number of hydrogen-bond acceptors (Lipinski definition) is 3. The molecule has 2 nitrogen and oxygen atoms in total. The molecule has 0 amide bonds. The minimum atomic E-state index is 0.791.